The molecule has 1 N–H and O–H groups in total. The Morgan fingerprint density at radius 3 is 2.76 bits per heavy atom. The number of amides is 1. The van der Waals surface area contributed by atoms with E-state index in [9.17, 15) is 4.79 Å². The molecule has 2 aromatic heterocycles. The molecule has 0 saturated carbocycles. The fourth-order valence-electron chi connectivity index (χ4n) is 2.76. The van der Waals surface area contributed by atoms with Gasteiger partial charge in [0.05, 0.1) is 27.7 Å². The minimum absolute atomic E-state index is 0.212. The van der Waals surface area contributed by atoms with Gasteiger partial charge in [0.2, 0.25) is 0 Å². The summed E-state index contributed by atoms with van der Waals surface area (Å²) in [5.41, 5.74) is 4.65. The highest BCUT2D eigenvalue weighted by Gasteiger charge is 2.13. The highest BCUT2D eigenvalue weighted by Crippen LogP contribution is 2.29. The van der Waals surface area contributed by atoms with Crippen molar-refractivity contribution in [1.82, 2.24) is 14.8 Å². The van der Waals surface area contributed by atoms with Crippen LogP contribution in [0.2, 0.25) is 0 Å². The number of rotatable bonds is 3. The van der Waals surface area contributed by atoms with Gasteiger partial charge in [-0.05, 0) is 43.2 Å². The lowest BCUT2D eigenvalue weighted by Crippen LogP contribution is -2.10. The molecule has 4 aromatic rings. The number of hydrogen-bond acceptors (Lipinski definition) is 4. The molecule has 0 aliphatic carbocycles. The van der Waals surface area contributed by atoms with Crippen molar-refractivity contribution in [2.45, 2.75) is 13.8 Å². The number of para-hydroxylation sites is 1. The van der Waals surface area contributed by atoms with E-state index in [1.54, 1.807) is 17.1 Å². The molecule has 1 amide bonds. The Hall–Kier alpha value is -2.99. The zero-order chi connectivity index (χ0) is 17.4. The van der Waals surface area contributed by atoms with Crippen molar-refractivity contribution in [2.24, 2.45) is 0 Å². The first-order chi connectivity index (χ1) is 12.1. The van der Waals surface area contributed by atoms with Crippen LogP contribution in [0.5, 0.6) is 0 Å². The van der Waals surface area contributed by atoms with E-state index < -0.39 is 0 Å². The third-order valence-corrected chi connectivity index (χ3v) is 4.83. The van der Waals surface area contributed by atoms with Gasteiger partial charge in [-0.2, -0.15) is 5.10 Å². The van der Waals surface area contributed by atoms with Gasteiger partial charge in [0.1, 0.15) is 0 Å². The number of anilines is 1. The Labute approximate surface area is 149 Å². The van der Waals surface area contributed by atoms with E-state index in [2.05, 4.69) is 34.5 Å². The average molecular weight is 348 g/mol. The van der Waals surface area contributed by atoms with Crippen molar-refractivity contribution in [1.29, 1.82) is 0 Å². The molecule has 0 saturated heterocycles. The molecule has 0 radical (unpaired) electrons. The SMILES string of the molecule is Cc1cc(C)c2nc(NC(=O)c3cnn(-c4ccccc4)c3)sc2c1. The lowest BCUT2D eigenvalue weighted by atomic mass is 10.1. The van der Waals surface area contributed by atoms with Crippen LogP contribution in [0.1, 0.15) is 21.5 Å². The van der Waals surface area contributed by atoms with Gasteiger partial charge in [0, 0.05) is 6.20 Å². The van der Waals surface area contributed by atoms with Crippen LogP contribution < -0.4 is 5.32 Å². The van der Waals surface area contributed by atoms with E-state index in [1.807, 2.05) is 37.3 Å². The molecule has 6 heteroatoms. The Bertz CT molecular complexity index is 1070. The summed E-state index contributed by atoms with van der Waals surface area (Å²) in [4.78, 5) is 17.0. The molecular formula is C19H16N4OS. The van der Waals surface area contributed by atoms with Crippen LogP contribution in [0, 0.1) is 13.8 Å². The van der Waals surface area contributed by atoms with Crippen LogP contribution in [0.15, 0.2) is 54.9 Å². The Balaban J connectivity index is 1.58. The fraction of sp³-hybridized carbons (Fsp3) is 0.105. The van der Waals surface area contributed by atoms with Crippen LogP contribution in [0.25, 0.3) is 15.9 Å². The largest absolute Gasteiger partial charge is 0.298 e. The number of carbonyl (C=O) groups excluding carboxylic acids is 1. The second-order valence-electron chi connectivity index (χ2n) is 5.91. The molecule has 0 atom stereocenters. The van der Waals surface area contributed by atoms with Gasteiger partial charge in [-0.1, -0.05) is 35.6 Å². The molecule has 4 rings (SSSR count). The Kier molecular flexibility index (Phi) is 3.82. The highest BCUT2D eigenvalue weighted by molar-refractivity contribution is 7.22. The Morgan fingerprint density at radius 1 is 1.16 bits per heavy atom. The monoisotopic (exact) mass is 348 g/mol. The summed E-state index contributed by atoms with van der Waals surface area (Å²) in [6, 6.07) is 13.9. The molecule has 0 aliphatic rings. The van der Waals surface area contributed by atoms with Gasteiger partial charge in [0.15, 0.2) is 5.13 Å². The lowest BCUT2D eigenvalue weighted by molar-refractivity contribution is 0.102. The summed E-state index contributed by atoms with van der Waals surface area (Å²) in [6.07, 6.45) is 3.28. The number of nitrogens with one attached hydrogen (secondary N) is 1. The first-order valence-electron chi connectivity index (χ1n) is 7.89. The summed E-state index contributed by atoms with van der Waals surface area (Å²) in [7, 11) is 0. The van der Waals surface area contributed by atoms with Gasteiger partial charge < -0.3 is 0 Å². The number of carbonyl (C=O) groups is 1. The number of aromatic nitrogens is 3. The number of hydrogen-bond donors (Lipinski definition) is 1. The number of thiazole rings is 1. The summed E-state index contributed by atoms with van der Waals surface area (Å²) in [5, 5.41) is 7.73. The normalized spacial score (nSPS) is 11.0. The van der Waals surface area contributed by atoms with Crippen molar-refractivity contribution in [3.63, 3.8) is 0 Å². The van der Waals surface area contributed by atoms with Crippen molar-refractivity contribution in [3.05, 3.63) is 71.5 Å². The summed E-state index contributed by atoms with van der Waals surface area (Å²) in [6.45, 7) is 4.09. The van der Waals surface area contributed by atoms with Gasteiger partial charge in [-0.25, -0.2) is 9.67 Å². The first kappa shape index (κ1) is 15.5. The molecule has 5 nitrogen and oxygen atoms in total. The summed E-state index contributed by atoms with van der Waals surface area (Å²) >= 11 is 1.48. The molecule has 124 valence electrons. The minimum Gasteiger partial charge on any atom is -0.298 e. The third kappa shape index (κ3) is 3.04. The molecular weight excluding hydrogens is 332 g/mol. The van der Waals surface area contributed by atoms with Gasteiger partial charge >= 0.3 is 0 Å². The smallest absolute Gasteiger partial charge is 0.260 e. The topological polar surface area (TPSA) is 59.8 Å². The van der Waals surface area contributed by atoms with Crippen LogP contribution in [-0.2, 0) is 0 Å². The zero-order valence-electron chi connectivity index (χ0n) is 13.9. The summed E-state index contributed by atoms with van der Waals surface area (Å²) < 4.78 is 2.76. The molecule has 0 bridgehead atoms. The molecule has 2 aromatic carbocycles. The predicted octanol–water partition coefficient (Wildman–Crippen LogP) is 4.35. The second kappa shape index (κ2) is 6.14. The van der Waals surface area contributed by atoms with E-state index in [0.29, 0.717) is 10.7 Å². The molecule has 0 unspecified atom stereocenters. The van der Waals surface area contributed by atoms with Crippen LogP contribution in [0.3, 0.4) is 0 Å². The fourth-order valence-corrected chi connectivity index (χ4v) is 3.79. The number of fused-ring (bicyclic) bond motifs is 1. The van der Waals surface area contributed by atoms with Crippen molar-refractivity contribution in [3.8, 4) is 5.69 Å². The van der Waals surface area contributed by atoms with Gasteiger partial charge in [0.25, 0.3) is 5.91 Å². The maximum absolute atomic E-state index is 12.5. The van der Waals surface area contributed by atoms with E-state index >= 15 is 0 Å². The highest BCUT2D eigenvalue weighted by atomic mass is 32.1. The third-order valence-electron chi connectivity index (χ3n) is 3.92. The lowest BCUT2D eigenvalue weighted by Gasteiger charge is -1.99. The van der Waals surface area contributed by atoms with E-state index in [0.717, 1.165) is 21.5 Å². The van der Waals surface area contributed by atoms with E-state index in [-0.39, 0.29) is 5.91 Å². The average Bonchev–Trinajstić information content (AvgIpc) is 3.22. The maximum Gasteiger partial charge on any atom is 0.260 e. The van der Waals surface area contributed by atoms with E-state index in [4.69, 9.17) is 0 Å². The zero-order valence-corrected chi connectivity index (χ0v) is 14.7. The molecule has 0 aliphatic heterocycles. The van der Waals surface area contributed by atoms with Gasteiger partial charge in [-0.15, -0.1) is 0 Å². The van der Waals surface area contributed by atoms with Crippen molar-refractivity contribution >= 4 is 32.6 Å². The number of nitrogens with zero attached hydrogens (tertiary/aromatic N) is 3. The summed E-state index contributed by atoms with van der Waals surface area (Å²) in [5.74, 6) is -0.212. The van der Waals surface area contributed by atoms with Crippen LogP contribution in [-0.4, -0.2) is 20.7 Å². The Morgan fingerprint density at radius 2 is 1.96 bits per heavy atom. The molecule has 0 spiro atoms. The quantitative estimate of drug-likeness (QED) is 0.599. The van der Waals surface area contributed by atoms with E-state index in [1.165, 1.54) is 16.9 Å². The molecule has 2 heterocycles. The maximum atomic E-state index is 12.5. The van der Waals surface area contributed by atoms with Gasteiger partial charge in [-0.3, -0.25) is 10.1 Å². The first-order valence-corrected chi connectivity index (χ1v) is 8.71. The number of aryl methyl sites for hydroxylation is 2. The van der Waals surface area contributed by atoms with Crippen molar-refractivity contribution in [2.75, 3.05) is 5.32 Å². The van der Waals surface area contributed by atoms with Crippen LogP contribution >= 0.6 is 11.3 Å². The van der Waals surface area contributed by atoms with Crippen LogP contribution in [0.4, 0.5) is 5.13 Å². The van der Waals surface area contributed by atoms with Crippen molar-refractivity contribution < 1.29 is 4.79 Å². The predicted molar refractivity (Wildman–Crippen MR) is 101 cm³/mol. The standard InChI is InChI=1S/C19H16N4OS/c1-12-8-13(2)17-16(9-12)25-19(21-17)22-18(24)14-10-20-23(11-14)15-6-4-3-5-7-15/h3-11H,1-2H3,(H,21,22,24). The number of benzene rings is 2. The molecule has 0 fully saturated rings. The molecule has 25 heavy (non-hydrogen) atoms. The minimum atomic E-state index is -0.212. The second-order valence-corrected chi connectivity index (χ2v) is 6.94.